The Bertz CT molecular complexity index is 1280. The Morgan fingerprint density at radius 2 is 2.00 bits per heavy atom. The summed E-state index contributed by atoms with van der Waals surface area (Å²) in [5, 5.41) is 1.47. The van der Waals surface area contributed by atoms with E-state index in [4.69, 9.17) is 10.5 Å². The van der Waals surface area contributed by atoms with E-state index in [-0.39, 0.29) is 41.9 Å². The number of fused-ring (bicyclic) bond motifs is 1. The second kappa shape index (κ2) is 7.29. The van der Waals surface area contributed by atoms with Gasteiger partial charge in [-0.25, -0.2) is 22.2 Å². The molecule has 0 spiro atoms. The van der Waals surface area contributed by atoms with E-state index >= 15 is 4.39 Å². The predicted molar refractivity (Wildman–Crippen MR) is 117 cm³/mol. The third-order valence-electron chi connectivity index (χ3n) is 6.93. The van der Waals surface area contributed by atoms with E-state index in [1.165, 1.54) is 18.2 Å². The number of nitrogens with zero attached hydrogens (tertiary/aromatic N) is 2. The third kappa shape index (κ3) is 3.17. The second-order valence-corrected chi connectivity index (χ2v) is 11.4. The van der Waals surface area contributed by atoms with Crippen LogP contribution in [-0.4, -0.2) is 48.4 Å². The van der Waals surface area contributed by atoms with Crippen LogP contribution in [0.1, 0.15) is 35.8 Å². The van der Waals surface area contributed by atoms with Gasteiger partial charge in [-0.2, -0.15) is 0 Å². The van der Waals surface area contributed by atoms with Crippen LogP contribution in [0, 0.1) is 17.6 Å². The van der Waals surface area contributed by atoms with Crippen LogP contribution in [0.5, 0.6) is 0 Å². The number of aromatic nitrogens is 1. The summed E-state index contributed by atoms with van der Waals surface area (Å²) in [6.07, 6.45) is 2.38. The third-order valence-corrected chi connectivity index (χ3v) is 9.92. The number of ether oxygens (including phenoxy) is 1. The maximum absolute atomic E-state index is 15.1. The summed E-state index contributed by atoms with van der Waals surface area (Å²) < 4.78 is 59.8. The van der Waals surface area contributed by atoms with Gasteiger partial charge in [-0.1, -0.05) is 0 Å². The average Bonchev–Trinajstić information content (AvgIpc) is 3.54. The van der Waals surface area contributed by atoms with Crippen molar-refractivity contribution in [3.8, 4) is 0 Å². The highest BCUT2D eigenvalue weighted by atomic mass is 32.2. The van der Waals surface area contributed by atoms with Gasteiger partial charge >= 0.3 is 0 Å². The first kappa shape index (κ1) is 21.9. The first-order chi connectivity index (χ1) is 15.6. The van der Waals surface area contributed by atoms with Gasteiger partial charge in [0.25, 0.3) is 5.91 Å². The van der Waals surface area contributed by atoms with Crippen molar-refractivity contribution in [1.29, 1.82) is 0 Å². The highest BCUT2D eigenvalue weighted by Gasteiger charge is 2.66. The molecule has 2 aromatic rings. The van der Waals surface area contributed by atoms with Crippen LogP contribution in [0.2, 0.25) is 0 Å². The molecule has 1 saturated heterocycles. The quantitative estimate of drug-likeness (QED) is 0.697. The standard InChI is InChI=1S/C22H22F2N4O4S/c1-21(12-2-3-12)20(25)28-22(11-32-10-18(22)33(21,30)31)15-8-14(5-6-16(15)24)27-19(29)17-7-4-13(23)9-26-17/h4-9,12,18H,2-3,10-11H2,1H3,(H2,25,28)(H,27,29). The Morgan fingerprint density at radius 1 is 1.24 bits per heavy atom. The number of hydrogen-bond acceptors (Lipinski definition) is 7. The summed E-state index contributed by atoms with van der Waals surface area (Å²) in [6, 6.07) is 6.11. The Balaban J connectivity index is 1.57. The molecule has 1 aliphatic carbocycles. The molecule has 2 aliphatic heterocycles. The molecule has 1 amide bonds. The van der Waals surface area contributed by atoms with Gasteiger partial charge in [-0.3, -0.25) is 9.79 Å². The van der Waals surface area contributed by atoms with Crippen molar-refractivity contribution in [3.05, 3.63) is 59.4 Å². The number of aliphatic imine (C=N–C) groups is 1. The molecule has 0 radical (unpaired) electrons. The molecule has 2 fully saturated rings. The molecule has 0 bridgehead atoms. The van der Waals surface area contributed by atoms with Gasteiger partial charge in [-0.05, 0) is 56.0 Å². The number of nitrogens with two attached hydrogens (primary N) is 1. The first-order valence-corrected chi connectivity index (χ1v) is 12.0. The van der Waals surface area contributed by atoms with Crippen molar-refractivity contribution in [2.45, 2.75) is 35.3 Å². The van der Waals surface area contributed by atoms with E-state index in [0.717, 1.165) is 31.2 Å². The number of carbonyl (C=O) groups excluding carboxylic acids is 1. The predicted octanol–water partition coefficient (Wildman–Crippen LogP) is 2.16. The van der Waals surface area contributed by atoms with Gasteiger partial charge in [0.05, 0.1) is 19.4 Å². The minimum atomic E-state index is -3.87. The highest BCUT2D eigenvalue weighted by molar-refractivity contribution is 7.94. The fourth-order valence-electron chi connectivity index (χ4n) is 4.80. The van der Waals surface area contributed by atoms with Crippen LogP contribution < -0.4 is 11.1 Å². The van der Waals surface area contributed by atoms with Gasteiger partial charge < -0.3 is 15.8 Å². The Labute approximate surface area is 189 Å². The molecule has 3 N–H and O–H groups in total. The first-order valence-electron chi connectivity index (χ1n) is 10.5. The number of amides is 1. The Hall–Kier alpha value is -2.92. The molecule has 1 aromatic heterocycles. The zero-order valence-electron chi connectivity index (χ0n) is 17.7. The minimum absolute atomic E-state index is 0.0285. The van der Waals surface area contributed by atoms with Gasteiger partial charge in [0.1, 0.15) is 38.7 Å². The Morgan fingerprint density at radius 3 is 2.67 bits per heavy atom. The molecule has 1 saturated carbocycles. The topological polar surface area (TPSA) is 124 Å². The van der Waals surface area contributed by atoms with Crippen LogP contribution in [-0.2, 0) is 20.1 Å². The van der Waals surface area contributed by atoms with Gasteiger partial charge in [0.2, 0.25) is 0 Å². The van der Waals surface area contributed by atoms with E-state index in [2.05, 4.69) is 15.3 Å². The molecule has 8 nitrogen and oxygen atoms in total. The number of carbonyl (C=O) groups is 1. The Kier molecular flexibility index (Phi) is 4.84. The van der Waals surface area contributed by atoms with Crippen LogP contribution in [0.3, 0.4) is 0 Å². The summed E-state index contributed by atoms with van der Waals surface area (Å²) >= 11 is 0. The van der Waals surface area contributed by atoms with Crippen LogP contribution in [0.4, 0.5) is 14.5 Å². The average molecular weight is 477 g/mol. The molecular formula is C22H22F2N4O4S. The molecule has 1 aromatic carbocycles. The number of hydrogen-bond donors (Lipinski definition) is 2. The normalized spacial score (nSPS) is 30.4. The summed E-state index contributed by atoms with van der Waals surface area (Å²) in [5.41, 5.74) is 4.82. The van der Waals surface area contributed by atoms with Gasteiger partial charge in [-0.15, -0.1) is 0 Å². The number of anilines is 1. The summed E-state index contributed by atoms with van der Waals surface area (Å²) in [6.45, 7) is 1.30. The van der Waals surface area contributed by atoms with Crippen molar-refractivity contribution in [2.75, 3.05) is 18.5 Å². The molecule has 174 valence electrons. The van der Waals surface area contributed by atoms with E-state index in [1.807, 2.05) is 0 Å². The SMILES string of the molecule is CC1(C2CC2)C(N)=NC2(c3cc(NC(=O)c4ccc(F)cn4)ccc3F)COCC2S1(=O)=O. The fraction of sp³-hybridized carbons (Fsp3) is 0.409. The van der Waals surface area contributed by atoms with Crippen LogP contribution in [0.15, 0.2) is 41.5 Å². The van der Waals surface area contributed by atoms with Crippen molar-refractivity contribution < 1.29 is 26.7 Å². The number of amidine groups is 1. The second-order valence-electron chi connectivity index (χ2n) is 8.86. The van der Waals surface area contributed by atoms with Crippen molar-refractivity contribution in [3.63, 3.8) is 0 Å². The largest absolute Gasteiger partial charge is 0.386 e. The van der Waals surface area contributed by atoms with Gasteiger partial charge in [0, 0.05) is 11.3 Å². The zero-order chi connectivity index (χ0) is 23.6. The van der Waals surface area contributed by atoms with E-state index < -0.39 is 42.9 Å². The van der Waals surface area contributed by atoms with Crippen LogP contribution in [0.25, 0.3) is 0 Å². The lowest BCUT2D eigenvalue weighted by Gasteiger charge is -2.43. The minimum Gasteiger partial charge on any atom is -0.386 e. The van der Waals surface area contributed by atoms with Crippen molar-refractivity contribution in [1.82, 2.24) is 4.98 Å². The molecule has 11 heteroatoms. The number of pyridine rings is 1. The molecule has 5 rings (SSSR count). The lowest BCUT2D eigenvalue weighted by Crippen LogP contribution is -2.62. The number of rotatable bonds is 4. The van der Waals surface area contributed by atoms with E-state index in [1.54, 1.807) is 6.92 Å². The summed E-state index contributed by atoms with van der Waals surface area (Å²) in [4.78, 5) is 20.8. The number of sulfone groups is 1. The molecule has 3 heterocycles. The van der Waals surface area contributed by atoms with Crippen LogP contribution >= 0.6 is 0 Å². The van der Waals surface area contributed by atoms with E-state index in [0.29, 0.717) is 0 Å². The summed E-state index contributed by atoms with van der Waals surface area (Å²) in [7, 11) is -3.87. The monoisotopic (exact) mass is 476 g/mol. The molecule has 3 unspecified atom stereocenters. The number of nitrogens with one attached hydrogen (secondary N) is 1. The van der Waals surface area contributed by atoms with Gasteiger partial charge in [0.15, 0.2) is 9.84 Å². The highest BCUT2D eigenvalue weighted by Crippen LogP contribution is 2.53. The number of halogens is 2. The molecule has 3 aliphatic rings. The van der Waals surface area contributed by atoms with Crippen molar-refractivity contribution >= 4 is 27.3 Å². The molecule has 3 atom stereocenters. The smallest absolute Gasteiger partial charge is 0.274 e. The maximum atomic E-state index is 15.1. The summed E-state index contributed by atoms with van der Waals surface area (Å²) in [5.74, 6) is -2.08. The molecular weight excluding hydrogens is 454 g/mol. The van der Waals surface area contributed by atoms with Crippen molar-refractivity contribution in [2.24, 2.45) is 16.6 Å². The lowest BCUT2D eigenvalue weighted by atomic mass is 9.87. The maximum Gasteiger partial charge on any atom is 0.274 e. The fourth-order valence-corrected chi connectivity index (χ4v) is 7.46. The lowest BCUT2D eigenvalue weighted by molar-refractivity contribution is 0.102. The molecule has 33 heavy (non-hydrogen) atoms. The zero-order valence-corrected chi connectivity index (χ0v) is 18.5. The van der Waals surface area contributed by atoms with E-state index in [9.17, 15) is 17.6 Å². The number of benzene rings is 1.